The first-order valence-electron chi connectivity index (χ1n) is 9.98. The second-order valence-corrected chi connectivity index (χ2v) is 6.89. The van der Waals surface area contributed by atoms with Gasteiger partial charge in [0.2, 0.25) is 11.6 Å². The maximum Gasteiger partial charge on any atom is 0.338 e. The molecule has 1 aliphatic heterocycles. The number of rotatable bonds is 7. The Morgan fingerprint density at radius 1 is 1.12 bits per heavy atom. The number of carbonyl (C=O) groups excluding carboxylic acids is 1. The quantitative estimate of drug-likeness (QED) is 0.607. The van der Waals surface area contributed by atoms with E-state index in [1.54, 1.807) is 31.2 Å². The summed E-state index contributed by atoms with van der Waals surface area (Å²) in [5.74, 6) is -1.08. The van der Waals surface area contributed by atoms with Gasteiger partial charge in [0.1, 0.15) is 23.2 Å². The van der Waals surface area contributed by atoms with Gasteiger partial charge in [-0.3, -0.25) is 0 Å². The van der Waals surface area contributed by atoms with Crippen molar-refractivity contribution in [3.63, 3.8) is 0 Å². The number of phenolic OH excluding ortho intramolecular Hbond substituents is 1. The van der Waals surface area contributed by atoms with Crippen molar-refractivity contribution in [2.24, 2.45) is 5.73 Å². The third kappa shape index (κ3) is 4.36. The van der Waals surface area contributed by atoms with Gasteiger partial charge in [-0.25, -0.2) is 4.79 Å². The molecule has 0 aliphatic carbocycles. The molecule has 0 spiro atoms. The van der Waals surface area contributed by atoms with Crippen molar-refractivity contribution in [3.8, 4) is 29.1 Å². The molecular formula is C24H24N2O7. The summed E-state index contributed by atoms with van der Waals surface area (Å²) < 4.78 is 26.8. The third-order valence-corrected chi connectivity index (χ3v) is 5.10. The highest BCUT2D eigenvalue weighted by molar-refractivity contribution is 6.00. The van der Waals surface area contributed by atoms with Gasteiger partial charge >= 0.3 is 5.97 Å². The molecule has 3 N–H and O–H groups in total. The van der Waals surface area contributed by atoms with E-state index in [1.807, 2.05) is 6.07 Å². The summed E-state index contributed by atoms with van der Waals surface area (Å²) in [7, 11) is 4.29. The summed E-state index contributed by atoms with van der Waals surface area (Å²) in [6.45, 7) is 1.78. The van der Waals surface area contributed by atoms with Crippen molar-refractivity contribution < 1.29 is 33.6 Å². The number of methoxy groups -OCH3 is 3. The number of nitrogens with zero attached hydrogens (tertiary/aromatic N) is 1. The van der Waals surface area contributed by atoms with Crippen LogP contribution in [0.4, 0.5) is 0 Å². The third-order valence-electron chi connectivity index (χ3n) is 5.10. The summed E-state index contributed by atoms with van der Waals surface area (Å²) in [6.07, 6.45) is 0. The smallest absolute Gasteiger partial charge is 0.338 e. The van der Waals surface area contributed by atoms with Crippen LogP contribution in [0.1, 0.15) is 24.0 Å². The van der Waals surface area contributed by atoms with E-state index in [0.29, 0.717) is 16.9 Å². The molecule has 0 fully saturated rings. The average molecular weight is 452 g/mol. The number of hydrogen-bond donors (Lipinski definition) is 2. The lowest BCUT2D eigenvalue weighted by atomic mass is 9.81. The lowest BCUT2D eigenvalue weighted by Crippen LogP contribution is -2.26. The van der Waals surface area contributed by atoms with Gasteiger partial charge in [0.25, 0.3) is 0 Å². The number of aromatic hydroxyl groups is 1. The van der Waals surface area contributed by atoms with Gasteiger partial charge in [-0.15, -0.1) is 0 Å². The molecule has 33 heavy (non-hydrogen) atoms. The highest BCUT2D eigenvalue weighted by Gasteiger charge is 2.39. The van der Waals surface area contributed by atoms with Crippen LogP contribution in [0.15, 0.2) is 53.4 Å². The number of ether oxygens (including phenoxy) is 5. The Labute approximate surface area is 191 Å². The Kier molecular flexibility index (Phi) is 6.98. The van der Waals surface area contributed by atoms with E-state index in [-0.39, 0.29) is 46.6 Å². The maximum atomic E-state index is 13.2. The first-order valence-corrected chi connectivity index (χ1v) is 9.98. The largest absolute Gasteiger partial charge is 0.502 e. The van der Waals surface area contributed by atoms with Crippen molar-refractivity contribution in [3.05, 3.63) is 64.6 Å². The van der Waals surface area contributed by atoms with Gasteiger partial charge in [-0.2, -0.15) is 5.26 Å². The maximum absolute atomic E-state index is 13.2. The van der Waals surface area contributed by atoms with Gasteiger partial charge < -0.3 is 34.5 Å². The molecule has 0 bridgehead atoms. The van der Waals surface area contributed by atoms with Gasteiger partial charge in [-0.1, -0.05) is 0 Å². The summed E-state index contributed by atoms with van der Waals surface area (Å²) in [4.78, 5) is 13.2. The van der Waals surface area contributed by atoms with Gasteiger partial charge in [0, 0.05) is 5.56 Å². The van der Waals surface area contributed by atoms with Crippen LogP contribution in [-0.2, 0) is 14.3 Å². The Bertz CT molecular complexity index is 1140. The number of benzene rings is 2. The number of nitriles is 1. The van der Waals surface area contributed by atoms with Crippen molar-refractivity contribution in [1.82, 2.24) is 0 Å². The second kappa shape index (κ2) is 9.87. The van der Waals surface area contributed by atoms with Crippen molar-refractivity contribution in [2.75, 3.05) is 27.9 Å². The Morgan fingerprint density at radius 2 is 1.73 bits per heavy atom. The molecule has 0 radical (unpaired) electrons. The minimum Gasteiger partial charge on any atom is -0.502 e. The van der Waals surface area contributed by atoms with Crippen LogP contribution in [0.25, 0.3) is 5.76 Å². The monoisotopic (exact) mass is 452 g/mol. The van der Waals surface area contributed by atoms with E-state index in [4.69, 9.17) is 29.4 Å². The lowest BCUT2D eigenvalue weighted by molar-refractivity contribution is -0.138. The number of allylic oxidation sites excluding steroid dienone is 1. The zero-order valence-electron chi connectivity index (χ0n) is 18.7. The summed E-state index contributed by atoms with van der Waals surface area (Å²) in [5.41, 5.74) is 7.14. The highest BCUT2D eigenvalue weighted by atomic mass is 16.5. The SMILES string of the molecule is CCOC(=O)C1=C(c2ccc(OC)cc2)OC(N)=C(C#N)C1c1cc(OC)c(O)c(OC)c1. The Hall–Kier alpha value is -4.32. The van der Waals surface area contributed by atoms with Crippen LogP contribution >= 0.6 is 0 Å². The normalized spacial score (nSPS) is 15.4. The van der Waals surface area contributed by atoms with Gasteiger partial charge in [0.15, 0.2) is 11.5 Å². The van der Waals surface area contributed by atoms with Crippen LogP contribution in [0.2, 0.25) is 0 Å². The molecule has 9 nitrogen and oxygen atoms in total. The number of phenols is 1. The van der Waals surface area contributed by atoms with E-state index in [1.165, 1.54) is 33.5 Å². The summed E-state index contributed by atoms with van der Waals surface area (Å²) in [6, 6.07) is 11.9. The fraction of sp³-hybridized carbons (Fsp3) is 0.250. The number of esters is 1. The minimum atomic E-state index is -0.969. The predicted octanol–water partition coefficient (Wildman–Crippen LogP) is 3.20. The molecule has 9 heteroatoms. The Balaban J connectivity index is 2.33. The van der Waals surface area contributed by atoms with E-state index >= 15 is 0 Å². The highest BCUT2D eigenvalue weighted by Crippen LogP contribution is 2.47. The van der Waals surface area contributed by atoms with Crippen molar-refractivity contribution in [1.29, 1.82) is 5.26 Å². The first kappa shape index (κ1) is 23.3. The zero-order chi connectivity index (χ0) is 24.1. The Morgan fingerprint density at radius 3 is 2.21 bits per heavy atom. The minimum absolute atomic E-state index is 0.00473. The van der Waals surface area contributed by atoms with Crippen molar-refractivity contribution in [2.45, 2.75) is 12.8 Å². The fourth-order valence-corrected chi connectivity index (χ4v) is 3.55. The topological polar surface area (TPSA) is 133 Å². The molecule has 2 aromatic carbocycles. The van der Waals surface area contributed by atoms with E-state index in [9.17, 15) is 15.2 Å². The van der Waals surface area contributed by atoms with E-state index in [2.05, 4.69) is 0 Å². The second-order valence-electron chi connectivity index (χ2n) is 6.89. The number of nitrogens with two attached hydrogens (primary N) is 1. The molecule has 172 valence electrons. The first-order chi connectivity index (χ1) is 15.9. The van der Waals surface area contributed by atoms with E-state index < -0.39 is 11.9 Å². The molecule has 0 aromatic heterocycles. The zero-order valence-corrected chi connectivity index (χ0v) is 18.7. The molecule has 3 rings (SSSR count). The van der Waals surface area contributed by atoms with Crippen LogP contribution in [0.3, 0.4) is 0 Å². The van der Waals surface area contributed by atoms with Gasteiger partial charge in [-0.05, 0) is 48.9 Å². The molecule has 0 amide bonds. The molecule has 1 atom stereocenters. The average Bonchev–Trinajstić information content (AvgIpc) is 2.83. The van der Waals surface area contributed by atoms with Crippen LogP contribution in [0.5, 0.6) is 23.0 Å². The standard InChI is InChI=1S/C24H24N2O7/c1-5-32-24(28)20-19(14-10-17(30-3)21(27)18(11-14)31-4)16(12-25)23(26)33-22(20)13-6-8-15(29-2)9-7-13/h6-11,19,27H,5,26H2,1-4H3. The molecule has 0 saturated carbocycles. The predicted molar refractivity (Wildman–Crippen MR) is 118 cm³/mol. The molecule has 0 saturated heterocycles. The molecule has 2 aromatic rings. The lowest BCUT2D eigenvalue weighted by Gasteiger charge is -2.28. The molecule has 1 heterocycles. The molecular weight excluding hydrogens is 428 g/mol. The molecule has 1 aliphatic rings. The number of carbonyl (C=O) groups is 1. The van der Waals surface area contributed by atoms with Gasteiger partial charge in [0.05, 0.1) is 39.4 Å². The van der Waals surface area contributed by atoms with Crippen LogP contribution in [-0.4, -0.2) is 39.0 Å². The summed E-state index contributed by atoms with van der Waals surface area (Å²) in [5, 5.41) is 20.2. The summed E-state index contributed by atoms with van der Waals surface area (Å²) >= 11 is 0. The van der Waals surface area contributed by atoms with Crippen molar-refractivity contribution >= 4 is 11.7 Å². The van der Waals surface area contributed by atoms with Crippen LogP contribution in [0, 0.1) is 11.3 Å². The van der Waals surface area contributed by atoms with E-state index in [0.717, 1.165) is 0 Å². The number of hydrogen-bond acceptors (Lipinski definition) is 9. The molecule has 1 unspecified atom stereocenters. The fourth-order valence-electron chi connectivity index (χ4n) is 3.55. The van der Waals surface area contributed by atoms with Crippen LogP contribution < -0.4 is 19.9 Å².